The fourth-order valence-corrected chi connectivity index (χ4v) is 2.11. The molecule has 1 heterocycles. The van der Waals surface area contributed by atoms with Gasteiger partial charge < -0.3 is 21.1 Å². The summed E-state index contributed by atoms with van der Waals surface area (Å²) in [6, 6.07) is 6.71. The first kappa shape index (κ1) is 15.5. The van der Waals surface area contributed by atoms with Crippen LogP contribution in [0.5, 0.6) is 0 Å². The smallest absolute Gasteiger partial charge is 0.251 e. The van der Waals surface area contributed by atoms with Gasteiger partial charge in [0.1, 0.15) is 0 Å². The van der Waals surface area contributed by atoms with E-state index in [4.69, 9.17) is 5.11 Å². The van der Waals surface area contributed by atoms with E-state index in [0.717, 1.165) is 13.1 Å². The molecule has 1 fully saturated rings. The number of rotatable bonds is 6. The fraction of sp³-hybridized carbons (Fsp3) is 0.467. The van der Waals surface area contributed by atoms with Crippen molar-refractivity contribution in [3.63, 3.8) is 0 Å². The molecular formula is C15H21N3O3. The van der Waals surface area contributed by atoms with Gasteiger partial charge in [0.25, 0.3) is 5.91 Å². The van der Waals surface area contributed by atoms with Crippen molar-refractivity contribution in [3.8, 4) is 0 Å². The Morgan fingerprint density at radius 2 is 2.00 bits per heavy atom. The Kier molecular flexibility index (Phi) is 5.30. The SMILES string of the molecule is CC(C(=O)Nc1ccc(C(=O)NCCO)cc1)C1CNC1. The maximum absolute atomic E-state index is 12.1. The fourth-order valence-electron chi connectivity index (χ4n) is 2.11. The molecule has 2 rings (SSSR count). The van der Waals surface area contributed by atoms with Crippen molar-refractivity contribution in [1.29, 1.82) is 0 Å². The summed E-state index contributed by atoms with van der Waals surface area (Å²) < 4.78 is 0. The minimum absolute atomic E-state index is 0.000943. The van der Waals surface area contributed by atoms with Crippen LogP contribution in [0.15, 0.2) is 24.3 Å². The Labute approximate surface area is 123 Å². The zero-order valence-corrected chi connectivity index (χ0v) is 12.1. The lowest BCUT2D eigenvalue weighted by atomic mass is 9.88. The molecule has 21 heavy (non-hydrogen) atoms. The number of anilines is 1. The molecule has 0 aliphatic carbocycles. The average Bonchev–Trinajstić information content (AvgIpc) is 2.43. The molecule has 1 saturated heterocycles. The second-order valence-corrected chi connectivity index (χ2v) is 5.25. The van der Waals surface area contributed by atoms with E-state index in [2.05, 4.69) is 16.0 Å². The molecule has 1 aliphatic heterocycles. The van der Waals surface area contributed by atoms with Crippen molar-refractivity contribution in [2.45, 2.75) is 6.92 Å². The highest BCUT2D eigenvalue weighted by Gasteiger charge is 2.28. The largest absolute Gasteiger partial charge is 0.395 e. The van der Waals surface area contributed by atoms with E-state index in [-0.39, 0.29) is 30.9 Å². The van der Waals surface area contributed by atoms with Gasteiger partial charge in [-0.2, -0.15) is 0 Å². The van der Waals surface area contributed by atoms with E-state index in [1.807, 2.05) is 6.92 Å². The lowest BCUT2D eigenvalue weighted by Gasteiger charge is -2.31. The maximum Gasteiger partial charge on any atom is 0.251 e. The van der Waals surface area contributed by atoms with E-state index in [1.54, 1.807) is 24.3 Å². The Bertz CT molecular complexity index is 497. The first-order chi connectivity index (χ1) is 10.1. The van der Waals surface area contributed by atoms with Gasteiger partial charge in [-0.05, 0) is 43.3 Å². The summed E-state index contributed by atoms with van der Waals surface area (Å²) in [6.45, 7) is 3.84. The van der Waals surface area contributed by atoms with Crippen LogP contribution in [0.4, 0.5) is 5.69 Å². The Morgan fingerprint density at radius 1 is 1.33 bits per heavy atom. The van der Waals surface area contributed by atoms with Crippen LogP contribution in [0, 0.1) is 11.8 Å². The third kappa shape index (κ3) is 4.03. The molecule has 0 saturated carbocycles. The van der Waals surface area contributed by atoms with Crippen LogP contribution in [0.1, 0.15) is 17.3 Å². The summed E-state index contributed by atoms with van der Waals surface area (Å²) in [5.41, 5.74) is 1.18. The molecular weight excluding hydrogens is 270 g/mol. The van der Waals surface area contributed by atoms with E-state index >= 15 is 0 Å². The highest BCUT2D eigenvalue weighted by atomic mass is 16.3. The van der Waals surface area contributed by atoms with Gasteiger partial charge in [-0.15, -0.1) is 0 Å². The quantitative estimate of drug-likeness (QED) is 0.603. The predicted molar refractivity (Wildman–Crippen MR) is 80.0 cm³/mol. The lowest BCUT2D eigenvalue weighted by Crippen LogP contribution is -2.48. The average molecular weight is 291 g/mol. The van der Waals surface area contributed by atoms with Crippen LogP contribution >= 0.6 is 0 Å². The van der Waals surface area contributed by atoms with Gasteiger partial charge in [0.05, 0.1) is 6.61 Å². The molecule has 6 heteroatoms. The second-order valence-electron chi connectivity index (χ2n) is 5.25. The van der Waals surface area contributed by atoms with Gasteiger partial charge in [-0.25, -0.2) is 0 Å². The number of nitrogens with one attached hydrogen (secondary N) is 3. The second kappa shape index (κ2) is 7.19. The highest BCUT2D eigenvalue weighted by molar-refractivity contribution is 5.96. The van der Waals surface area contributed by atoms with Crippen LogP contribution in [-0.2, 0) is 4.79 Å². The van der Waals surface area contributed by atoms with Crippen molar-refractivity contribution < 1.29 is 14.7 Å². The minimum atomic E-state index is -0.240. The number of amides is 2. The maximum atomic E-state index is 12.1. The van der Waals surface area contributed by atoms with Gasteiger partial charge in [-0.3, -0.25) is 9.59 Å². The molecule has 2 amide bonds. The molecule has 0 aromatic heterocycles. The summed E-state index contributed by atoms with van der Waals surface area (Å²) in [6.07, 6.45) is 0. The van der Waals surface area contributed by atoms with Crippen molar-refractivity contribution in [1.82, 2.24) is 10.6 Å². The van der Waals surface area contributed by atoms with Crippen molar-refractivity contribution >= 4 is 17.5 Å². The van der Waals surface area contributed by atoms with Crippen LogP contribution in [0.25, 0.3) is 0 Å². The lowest BCUT2D eigenvalue weighted by molar-refractivity contribution is -0.121. The Morgan fingerprint density at radius 3 is 2.52 bits per heavy atom. The molecule has 0 bridgehead atoms. The number of hydrogen-bond donors (Lipinski definition) is 4. The summed E-state index contributed by atoms with van der Waals surface area (Å²) in [5.74, 6) is 0.127. The van der Waals surface area contributed by atoms with Gasteiger partial charge in [0, 0.05) is 23.7 Å². The summed E-state index contributed by atoms with van der Waals surface area (Å²) in [5, 5.41) is 17.3. The molecule has 1 atom stereocenters. The van der Waals surface area contributed by atoms with Crippen molar-refractivity contribution in [2.75, 3.05) is 31.6 Å². The molecule has 0 radical (unpaired) electrons. The number of aliphatic hydroxyl groups excluding tert-OH is 1. The molecule has 6 nitrogen and oxygen atoms in total. The van der Waals surface area contributed by atoms with E-state index in [9.17, 15) is 9.59 Å². The van der Waals surface area contributed by atoms with Crippen molar-refractivity contribution in [3.05, 3.63) is 29.8 Å². The minimum Gasteiger partial charge on any atom is -0.395 e. The number of carbonyl (C=O) groups excluding carboxylic acids is 2. The molecule has 1 aromatic rings. The third-order valence-electron chi connectivity index (χ3n) is 3.75. The Balaban J connectivity index is 1.89. The first-order valence-electron chi connectivity index (χ1n) is 7.12. The monoisotopic (exact) mass is 291 g/mol. The number of hydrogen-bond acceptors (Lipinski definition) is 4. The molecule has 1 aromatic carbocycles. The van der Waals surface area contributed by atoms with E-state index in [1.165, 1.54) is 0 Å². The van der Waals surface area contributed by atoms with Gasteiger partial charge in [-0.1, -0.05) is 6.92 Å². The van der Waals surface area contributed by atoms with Crippen LogP contribution in [-0.4, -0.2) is 43.2 Å². The number of benzene rings is 1. The topological polar surface area (TPSA) is 90.5 Å². The van der Waals surface area contributed by atoms with Crippen LogP contribution < -0.4 is 16.0 Å². The number of aliphatic hydroxyl groups is 1. The van der Waals surface area contributed by atoms with Crippen LogP contribution in [0.3, 0.4) is 0 Å². The van der Waals surface area contributed by atoms with E-state index < -0.39 is 0 Å². The molecule has 114 valence electrons. The highest BCUT2D eigenvalue weighted by Crippen LogP contribution is 2.18. The summed E-state index contributed by atoms with van der Waals surface area (Å²) in [4.78, 5) is 23.7. The van der Waals surface area contributed by atoms with Crippen LogP contribution in [0.2, 0.25) is 0 Å². The van der Waals surface area contributed by atoms with Gasteiger partial charge in [0.2, 0.25) is 5.91 Å². The molecule has 4 N–H and O–H groups in total. The normalized spacial score (nSPS) is 15.9. The predicted octanol–water partition coefficient (Wildman–Crippen LogP) is 0.203. The molecule has 1 aliphatic rings. The first-order valence-corrected chi connectivity index (χ1v) is 7.12. The summed E-state index contributed by atoms with van der Waals surface area (Å²) in [7, 11) is 0. The Hall–Kier alpha value is -1.92. The third-order valence-corrected chi connectivity index (χ3v) is 3.75. The van der Waals surface area contributed by atoms with Gasteiger partial charge >= 0.3 is 0 Å². The van der Waals surface area contributed by atoms with Crippen molar-refractivity contribution in [2.24, 2.45) is 11.8 Å². The molecule has 1 unspecified atom stereocenters. The standard InChI is InChI=1S/C15H21N3O3/c1-10(12-8-16-9-12)14(20)18-13-4-2-11(3-5-13)15(21)17-6-7-19/h2-5,10,12,16,19H,6-9H2,1H3,(H,17,21)(H,18,20). The zero-order chi connectivity index (χ0) is 15.2. The molecule has 0 spiro atoms. The zero-order valence-electron chi connectivity index (χ0n) is 12.1. The summed E-state index contributed by atoms with van der Waals surface area (Å²) >= 11 is 0. The number of carbonyl (C=O) groups is 2. The van der Waals surface area contributed by atoms with Gasteiger partial charge in [0.15, 0.2) is 0 Å². The van der Waals surface area contributed by atoms with E-state index in [0.29, 0.717) is 17.2 Å².